The van der Waals surface area contributed by atoms with Crippen LogP contribution in [-0.4, -0.2) is 5.78 Å². The molecule has 1 nitrogen and oxygen atoms in total. The summed E-state index contributed by atoms with van der Waals surface area (Å²) in [5.74, 6) is 2.31. The van der Waals surface area contributed by atoms with E-state index in [1.165, 1.54) is 24.0 Å². The molecule has 0 saturated heterocycles. The maximum atomic E-state index is 12.1. The molecule has 1 fully saturated rings. The molecule has 0 aromatic carbocycles. The van der Waals surface area contributed by atoms with Crippen LogP contribution in [0.4, 0.5) is 0 Å². The molecule has 2 aliphatic rings. The zero-order valence-electron chi connectivity index (χ0n) is 11.4. The first-order valence-corrected chi connectivity index (χ1v) is 6.89. The Morgan fingerprint density at radius 1 is 1.29 bits per heavy atom. The van der Waals surface area contributed by atoms with Crippen LogP contribution in [0.15, 0.2) is 23.3 Å². The lowest BCUT2D eigenvalue weighted by atomic mass is 9.77. The van der Waals surface area contributed by atoms with E-state index in [4.69, 9.17) is 0 Å². The van der Waals surface area contributed by atoms with Gasteiger partial charge < -0.3 is 0 Å². The molecule has 0 unspecified atom stereocenters. The van der Waals surface area contributed by atoms with Gasteiger partial charge in [0.15, 0.2) is 5.78 Å². The van der Waals surface area contributed by atoms with E-state index < -0.39 is 0 Å². The van der Waals surface area contributed by atoms with E-state index in [2.05, 4.69) is 20.4 Å². The number of hydrogen-bond donors (Lipinski definition) is 0. The van der Waals surface area contributed by atoms with Gasteiger partial charge in [-0.15, -0.1) is 0 Å². The lowest BCUT2D eigenvalue weighted by Gasteiger charge is -2.28. The van der Waals surface area contributed by atoms with Crippen molar-refractivity contribution in [2.24, 2.45) is 17.8 Å². The van der Waals surface area contributed by atoms with Gasteiger partial charge in [-0.2, -0.15) is 0 Å². The van der Waals surface area contributed by atoms with Gasteiger partial charge in [-0.3, -0.25) is 4.79 Å². The molecule has 0 radical (unpaired) electrons. The van der Waals surface area contributed by atoms with E-state index in [1.54, 1.807) is 0 Å². The minimum Gasteiger partial charge on any atom is -0.295 e. The van der Waals surface area contributed by atoms with Gasteiger partial charge in [0.25, 0.3) is 0 Å². The first-order chi connectivity index (χ1) is 8.00. The summed E-state index contributed by atoms with van der Waals surface area (Å²) in [5.41, 5.74) is 3.81. The molecule has 3 atom stereocenters. The number of Topliss-reactive ketones (excluding diaryl/α,β-unsaturated/α-hetero) is 1. The first kappa shape index (κ1) is 12.6. The molecule has 1 heteroatoms. The predicted molar refractivity (Wildman–Crippen MR) is 71.8 cm³/mol. The number of ketones is 1. The molecule has 0 amide bonds. The number of carbonyl (C=O) groups is 1. The molecule has 1 saturated carbocycles. The highest BCUT2D eigenvalue weighted by molar-refractivity contribution is 5.95. The molecule has 0 spiro atoms. The SMILES string of the molecule is C=C(C)[C@@H]1CCC(=O)/C(C)=C2\CC[C@H](C)[C@@H]2C1. The Morgan fingerprint density at radius 3 is 2.65 bits per heavy atom. The lowest BCUT2D eigenvalue weighted by molar-refractivity contribution is -0.116. The van der Waals surface area contributed by atoms with E-state index in [0.29, 0.717) is 24.0 Å². The summed E-state index contributed by atoms with van der Waals surface area (Å²) in [7, 11) is 0. The summed E-state index contributed by atoms with van der Waals surface area (Å²) < 4.78 is 0. The molecule has 2 rings (SSSR count). The zero-order chi connectivity index (χ0) is 12.6. The van der Waals surface area contributed by atoms with Crippen molar-refractivity contribution >= 4 is 5.78 Å². The van der Waals surface area contributed by atoms with Crippen LogP contribution in [0, 0.1) is 17.8 Å². The van der Waals surface area contributed by atoms with Gasteiger partial charge in [0, 0.05) is 6.42 Å². The number of allylic oxidation sites excluding steroid dienone is 3. The van der Waals surface area contributed by atoms with Gasteiger partial charge in [-0.25, -0.2) is 0 Å². The zero-order valence-corrected chi connectivity index (χ0v) is 11.4. The Hall–Kier alpha value is -0.850. The summed E-state index contributed by atoms with van der Waals surface area (Å²) in [6.45, 7) is 10.6. The van der Waals surface area contributed by atoms with Crippen molar-refractivity contribution in [3.63, 3.8) is 0 Å². The van der Waals surface area contributed by atoms with Gasteiger partial charge in [0.2, 0.25) is 0 Å². The third kappa shape index (κ3) is 2.38. The third-order valence-corrected chi connectivity index (χ3v) is 4.86. The van der Waals surface area contributed by atoms with E-state index in [-0.39, 0.29) is 0 Å². The van der Waals surface area contributed by atoms with Gasteiger partial charge in [-0.05, 0) is 62.9 Å². The third-order valence-electron chi connectivity index (χ3n) is 4.86. The largest absolute Gasteiger partial charge is 0.295 e. The van der Waals surface area contributed by atoms with Crippen LogP contribution in [0.1, 0.15) is 52.9 Å². The number of carbonyl (C=O) groups excluding carboxylic acids is 1. The second kappa shape index (κ2) is 4.80. The van der Waals surface area contributed by atoms with Gasteiger partial charge in [0.1, 0.15) is 0 Å². The summed E-state index contributed by atoms with van der Waals surface area (Å²) >= 11 is 0. The first-order valence-electron chi connectivity index (χ1n) is 6.89. The fourth-order valence-corrected chi connectivity index (χ4v) is 3.50. The average molecular weight is 232 g/mol. The summed E-state index contributed by atoms with van der Waals surface area (Å²) in [4.78, 5) is 12.1. The minimum atomic E-state index is 0.380. The van der Waals surface area contributed by atoms with Crippen molar-refractivity contribution in [1.29, 1.82) is 0 Å². The summed E-state index contributed by atoms with van der Waals surface area (Å²) in [6.07, 6.45) is 5.34. The van der Waals surface area contributed by atoms with Gasteiger partial charge >= 0.3 is 0 Å². The monoisotopic (exact) mass is 232 g/mol. The number of rotatable bonds is 1. The highest BCUT2D eigenvalue weighted by Gasteiger charge is 2.34. The van der Waals surface area contributed by atoms with Crippen LogP contribution in [0.5, 0.6) is 0 Å². The smallest absolute Gasteiger partial charge is 0.158 e. The molecule has 0 aliphatic heterocycles. The van der Waals surface area contributed by atoms with Crippen molar-refractivity contribution in [2.45, 2.75) is 52.9 Å². The highest BCUT2D eigenvalue weighted by atomic mass is 16.1. The standard InChI is InChI=1S/C16H24O/c1-10(2)13-6-8-16(17)12(4)14-7-5-11(3)15(14)9-13/h11,13,15H,1,5-9H2,2-4H3/b14-12+/t11-,13+,15-/m0/s1. The van der Waals surface area contributed by atoms with Crippen LogP contribution in [0.3, 0.4) is 0 Å². The molecule has 2 aliphatic carbocycles. The molecule has 0 heterocycles. The Balaban J connectivity index is 2.33. The van der Waals surface area contributed by atoms with Gasteiger partial charge in [0.05, 0.1) is 0 Å². The van der Waals surface area contributed by atoms with E-state index >= 15 is 0 Å². The fourth-order valence-electron chi connectivity index (χ4n) is 3.50. The maximum Gasteiger partial charge on any atom is 0.158 e. The molecule has 0 bridgehead atoms. The van der Waals surface area contributed by atoms with E-state index in [9.17, 15) is 4.79 Å². The van der Waals surface area contributed by atoms with Crippen molar-refractivity contribution in [2.75, 3.05) is 0 Å². The maximum absolute atomic E-state index is 12.1. The second-order valence-electron chi connectivity index (χ2n) is 6.01. The van der Waals surface area contributed by atoms with Crippen molar-refractivity contribution in [3.05, 3.63) is 23.3 Å². The average Bonchev–Trinajstić information content (AvgIpc) is 2.62. The highest BCUT2D eigenvalue weighted by Crippen LogP contribution is 2.45. The molecule has 0 N–H and O–H groups in total. The number of fused-ring (bicyclic) bond motifs is 1. The van der Waals surface area contributed by atoms with Crippen LogP contribution in [0.25, 0.3) is 0 Å². The van der Waals surface area contributed by atoms with Crippen LogP contribution in [-0.2, 0) is 4.79 Å². The summed E-state index contributed by atoms with van der Waals surface area (Å²) in [6, 6.07) is 0. The van der Waals surface area contributed by atoms with Crippen LogP contribution in [0.2, 0.25) is 0 Å². The van der Waals surface area contributed by atoms with Crippen molar-refractivity contribution in [1.82, 2.24) is 0 Å². The van der Waals surface area contributed by atoms with Gasteiger partial charge in [-0.1, -0.05) is 24.6 Å². The lowest BCUT2D eigenvalue weighted by Crippen LogP contribution is -2.19. The molecule has 17 heavy (non-hydrogen) atoms. The number of hydrogen-bond acceptors (Lipinski definition) is 1. The molecular weight excluding hydrogens is 208 g/mol. The quantitative estimate of drug-likeness (QED) is 0.616. The Labute approximate surface area is 105 Å². The molecule has 0 aromatic rings. The molecule has 94 valence electrons. The topological polar surface area (TPSA) is 17.1 Å². The second-order valence-corrected chi connectivity index (χ2v) is 6.01. The Bertz CT molecular complexity index is 375. The van der Waals surface area contributed by atoms with E-state index in [0.717, 1.165) is 24.3 Å². The minimum absolute atomic E-state index is 0.380. The van der Waals surface area contributed by atoms with E-state index in [1.807, 2.05) is 6.92 Å². The predicted octanol–water partition coefficient (Wildman–Crippen LogP) is 4.29. The normalized spacial score (nSPS) is 38.5. The Kier molecular flexibility index (Phi) is 3.56. The fraction of sp³-hybridized carbons (Fsp3) is 0.688. The molecule has 0 aromatic heterocycles. The molecular formula is C16H24O. The Morgan fingerprint density at radius 2 is 2.00 bits per heavy atom. The van der Waals surface area contributed by atoms with Crippen LogP contribution >= 0.6 is 0 Å². The van der Waals surface area contributed by atoms with Crippen molar-refractivity contribution < 1.29 is 4.79 Å². The van der Waals surface area contributed by atoms with Crippen LogP contribution < -0.4 is 0 Å². The summed E-state index contributed by atoms with van der Waals surface area (Å²) in [5, 5.41) is 0. The van der Waals surface area contributed by atoms with Crippen molar-refractivity contribution in [3.8, 4) is 0 Å².